The predicted octanol–water partition coefficient (Wildman–Crippen LogP) is 5.74. The Labute approximate surface area is 209 Å². The third kappa shape index (κ3) is 6.08. The maximum absolute atomic E-state index is 13.1. The number of para-hydroxylation sites is 1. The van der Waals surface area contributed by atoms with Crippen LogP contribution < -0.4 is 15.4 Å². The molecule has 7 nitrogen and oxygen atoms in total. The Bertz CT molecular complexity index is 1260. The van der Waals surface area contributed by atoms with Crippen LogP contribution in [-0.2, 0) is 9.53 Å². The number of rotatable bonds is 8. The lowest BCUT2D eigenvalue weighted by molar-refractivity contribution is -0.118. The summed E-state index contributed by atoms with van der Waals surface area (Å²) in [6.07, 6.45) is 0. The van der Waals surface area contributed by atoms with E-state index in [1.54, 1.807) is 13.8 Å². The van der Waals surface area contributed by atoms with E-state index in [2.05, 4.69) is 10.6 Å². The molecule has 2 N–H and O–H groups in total. The van der Waals surface area contributed by atoms with E-state index in [0.29, 0.717) is 21.9 Å². The first-order valence-electron chi connectivity index (χ1n) is 11.3. The van der Waals surface area contributed by atoms with Gasteiger partial charge in [-0.25, -0.2) is 4.79 Å². The van der Waals surface area contributed by atoms with Gasteiger partial charge in [-0.1, -0.05) is 35.9 Å². The van der Waals surface area contributed by atoms with Gasteiger partial charge in [0.25, 0.3) is 11.8 Å². The summed E-state index contributed by atoms with van der Waals surface area (Å²) in [6.45, 7) is 11.0. The number of benzene rings is 2. The molecule has 0 fully saturated rings. The second-order valence-corrected chi connectivity index (χ2v) is 9.33. The summed E-state index contributed by atoms with van der Waals surface area (Å²) in [7, 11) is 0. The molecule has 0 saturated heterocycles. The number of carbonyl (C=O) groups excluding carboxylic acids is 3. The predicted molar refractivity (Wildman–Crippen MR) is 139 cm³/mol. The highest BCUT2D eigenvalue weighted by Gasteiger charge is 2.27. The maximum Gasteiger partial charge on any atom is 0.341 e. The number of ether oxygens (including phenoxy) is 2. The van der Waals surface area contributed by atoms with E-state index in [1.807, 2.05) is 64.1 Å². The van der Waals surface area contributed by atoms with E-state index < -0.39 is 11.9 Å². The minimum absolute atomic E-state index is 0.168. The van der Waals surface area contributed by atoms with Gasteiger partial charge in [-0.3, -0.25) is 9.59 Å². The zero-order valence-electron chi connectivity index (χ0n) is 20.8. The van der Waals surface area contributed by atoms with Gasteiger partial charge in [0, 0.05) is 5.69 Å². The van der Waals surface area contributed by atoms with Crippen LogP contribution in [0.5, 0.6) is 5.75 Å². The fourth-order valence-electron chi connectivity index (χ4n) is 3.73. The number of carbonyl (C=O) groups is 3. The van der Waals surface area contributed by atoms with Crippen molar-refractivity contribution in [3.05, 3.63) is 74.7 Å². The van der Waals surface area contributed by atoms with E-state index in [9.17, 15) is 14.4 Å². The molecule has 0 aliphatic heterocycles. The number of amides is 2. The first-order valence-corrected chi connectivity index (χ1v) is 12.1. The van der Waals surface area contributed by atoms with Crippen LogP contribution in [-0.4, -0.2) is 31.0 Å². The first-order chi connectivity index (χ1) is 16.6. The van der Waals surface area contributed by atoms with E-state index in [4.69, 9.17) is 9.47 Å². The van der Waals surface area contributed by atoms with Crippen molar-refractivity contribution < 1.29 is 23.9 Å². The molecule has 0 aliphatic rings. The van der Waals surface area contributed by atoms with Crippen LogP contribution in [0.2, 0.25) is 0 Å². The van der Waals surface area contributed by atoms with Gasteiger partial charge < -0.3 is 20.1 Å². The highest BCUT2D eigenvalue weighted by molar-refractivity contribution is 7.19. The molecule has 1 heterocycles. The number of esters is 1. The lowest BCUT2D eigenvalue weighted by Crippen LogP contribution is -2.21. The quantitative estimate of drug-likeness (QED) is 0.390. The molecule has 0 aliphatic carbocycles. The fraction of sp³-hybridized carbons (Fsp3) is 0.296. The molecular formula is C27H30N2O5S. The van der Waals surface area contributed by atoms with Crippen LogP contribution in [0.3, 0.4) is 0 Å². The summed E-state index contributed by atoms with van der Waals surface area (Å²) in [5.74, 6) is -0.764. The standard InChI is InChI=1S/C27H30N2O5S/c1-7-33-27(32)22-19(6)24(25(31)28-20-12-11-15(2)13-18(20)5)35-26(22)29-21(30)14-34-23-16(3)9-8-10-17(23)4/h8-13H,7,14H2,1-6H3,(H,28,31)(H,29,30). The lowest BCUT2D eigenvalue weighted by Gasteiger charge is -2.12. The maximum atomic E-state index is 13.1. The second kappa shape index (κ2) is 11.2. The molecule has 2 aromatic carbocycles. The molecule has 3 aromatic rings. The Morgan fingerprint density at radius 3 is 2.23 bits per heavy atom. The molecule has 0 bridgehead atoms. The van der Waals surface area contributed by atoms with Crippen LogP contribution in [0, 0.1) is 34.6 Å². The number of thiophene rings is 1. The van der Waals surface area contributed by atoms with Crippen molar-refractivity contribution >= 4 is 39.8 Å². The third-order valence-corrected chi connectivity index (χ3v) is 6.68. The molecule has 0 atom stereocenters. The van der Waals surface area contributed by atoms with E-state index in [-0.39, 0.29) is 29.7 Å². The summed E-state index contributed by atoms with van der Waals surface area (Å²) in [6, 6.07) is 11.5. The highest BCUT2D eigenvalue weighted by Crippen LogP contribution is 2.34. The van der Waals surface area contributed by atoms with Gasteiger partial charge in [-0.2, -0.15) is 0 Å². The molecule has 3 rings (SSSR count). The number of hydrogen-bond donors (Lipinski definition) is 2. The first kappa shape index (κ1) is 26.0. The van der Waals surface area contributed by atoms with Gasteiger partial charge in [0.2, 0.25) is 0 Å². The monoisotopic (exact) mass is 494 g/mol. The SMILES string of the molecule is CCOC(=O)c1c(NC(=O)COc2c(C)cccc2C)sc(C(=O)Nc2ccc(C)cc2C)c1C. The normalized spacial score (nSPS) is 10.6. The van der Waals surface area contributed by atoms with Crippen molar-refractivity contribution in [3.8, 4) is 5.75 Å². The average molecular weight is 495 g/mol. The molecule has 1 aromatic heterocycles. The summed E-state index contributed by atoms with van der Waals surface area (Å²) >= 11 is 1.03. The Kier molecular flexibility index (Phi) is 8.30. The topological polar surface area (TPSA) is 93.7 Å². The van der Waals surface area contributed by atoms with Crippen LogP contribution in [0.15, 0.2) is 36.4 Å². The Morgan fingerprint density at radius 2 is 1.60 bits per heavy atom. The number of anilines is 2. The lowest BCUT2D eigenvalue weighted by atomic mass is 10.1. The van der Waals surface area contributed by atoms with Gasteiger partial charge in [0.1, 0.15) is 10.8 Å². The zero-order chi connectivity index (χ0) is 25.7. The average Bonchev–Trinajstić information content (AvgIpc) is 3.11. The van der Waals surface area contributed by atoms with Crippen molar-refractivity contribution in [2.45, 2.75) is 41.5 Å². The number of hydrogen-bond acceptors (Lipinski definition) is 6. The molecule has 0 saturated carbocycles. The van der Waals surface area contributed by atoms with Crippen LogP contribution in [0.25, 0.3) is 0 Å². The van der Waals surface area contributed by atoms with Gasteiger partial charge in [-0.05, 0) is 69.9 Å². The van der Waals surface area contributed by atoms with Gasteiger partial charge >= 0.3 is 5.97 Å². The smallest absolute Gasteiger partial charge is 0.341 e. The molecule has 0 spiro atoms. The highest BCUT2D eigenvalue weighted by atomic mass is 32.1. The summed E-state index contributed by atoms with van der Waals surface area (Å²) < 4.78 is 10.9. The van der Waals surface area contributed by atoms with Gasteiger partial charge in [0.15, 0.2) is 6.61 Å². The van der Waals surface area contributed by atoms with Crippen LogP contribution >= 0.6 is 11.3 Å². The van der Waals surface area contributed by atoms with Crippen LogP contribution in [0.1, 0.15) is 54.8 Å². The Hall–Kier alpha value is -3.65. The molecular weight excluding hydrogens is 464 g/mol. The fourth-order valence-corrected chi connectivity index (χ4v) is 4.83. The molecule has 0 radical (unpaired) electrons. The summed E-state index contributed by atoms with van der Waals surface area (Å²) in [4.78, 5) is 38.8. The zero-order valence-corrected chi connectivity index (χ0v) is 21.6. The third-order valence-electron chi connectivity index (χ3n) is 5.47. The van der Waals surface area contributed by atoms with Crippen molar-refractivity contribution in [1.29, 1.82) is 0 Å². The molecule has 2 amide bonds. The second-order valence-electron chi connectivity index (χ2n) is 8.31. The molecule has 35 heavy (non-hydrogen) atoms. The minimum Gasteiger partial charge on any atom is -0.483 e. The van der Waals surface area contributed by atoms with Crippen LogP contribution in [0.4, 0.5) is 10.7 Å². The van der Waals surface area contributed by atoms with Crippen molar-refractivity contribution in [1.82, 2.24) is 0 Å². The molecule has 8 heteroatoms. The van der Waals surface area contributed by atoms with E-state index >= 15 is 0 Å². The van der Waals surface area contributed by atoms with Gasteiger partial charge in [-0.15, -0.1) is 11.3 Å². The van der Waals surface area contributed by atoms with Crippen molar-refractivity contribution in [3.63, 3.8) is 0 Å². The Balaban J connectivity index is 1.84. The van der Waals surface area contributed by atoms with E-state index in [0.717, 1.165) is 33.6 Å². The molecule has 0 unspecified atom stereocenters. The van der Waals surface area contributed by atoms with Crippen molar-refractivity contribution in [2.75, 3.05) is 23.8 Å². The largest absolute Gasteiger partial charge is 0.483 e. The minimum atomic E-state index is -0.599. The summed E-state index contributed by atoms with van der Waals surface area (Å²) in [5.41, 5.74) is 5.15. The molecule has 184 valence electrons. The summed E-state index contributed by atoms with van der Waals surface area (Å²) in [5, 5.41) is 5.88. The van der Waals surface area contributed by atoms with Gasteiger partial charge in [0.05, 0.1) is 17.0 Å². The number of nitrogens with one attached hydrogen (secondary N) is 2. The van der Waals surface area contributed by atoms with E-state index in [1.165, 1.54) is 0 Å². The Morgan fingerprint density at radius 1 is 0.914 bits per heavy atom. The number of aryl methyl sites for hydroxylation is 4. The van der Waals surface area contributed by atoms with Crippen molar-refractivity contribution in [2.24, 2.45) is 0 Å².